The molecule has 1 aliphatic rings. The van der Waals surface area contributed by atoms with E-state index in [2.05, 4.69) is 9.88 Å². The molecule has 7 heteroatoms. The van der Waals surface area contributed by atoms with Gasteiger partial charge in [-0.1, -0.05) is 24.3 Å². The average Bonchev–Trinajstić information content (AvgIpc) is 2.58. The van der Waals surface area contributed by atoms with Gasteiger partial charge in [0.15, 0.2) is 0 Å². The van der Waals surface area contributed by atoms with Gasteiger partial charge in [-0.3, -0.25) is 9.69 Å². The number of rotatable bonds is 4. The number of piperazine rings is 1. The quantitative estimate of drug-likeness (QED) is 0.902. The average molecular weight is 347 g/mol. The molecule has 0 unspecified atom stereocenters. The summed E-state index contributed by atoms with van der Waals surface area (Å²) in [7, 11) is -3.44. The first-order valence-electron chi connectivity index (χ1n) is 7.92. The maximum Gasteiger partial charge on any atom is 0.247 e. The van der Waals surface area contributed by atoms with Crippen LogP contribution in [0.15, 0.2) is 52.3 Å². The lowest BCUT2D eigenvalue weighted by Gasteiger charge is -2.34. The van der Waals surface area contributed by atoms with Crippen LogP contribution in [0.2, 0.25) is 0 Å². The Kier molecular flexibility index (Phi) is 4.84. The third-order valence-corrected chi connectivity index (χ3v) is 6.36. The standard InChI is InChI=1S/C17H21N3O3S/c1-14-4-2-3-5-16(14)24(22,23)20-10-8-19(9-11-20)13-15-6-7-17(21)18-12-15/h2-7,12H,8-11,13H2,1H3,(H,18,21). The van der Waals surface area contributed by atoms with E-state index in [9.17, 15) is 13.2 Å². The highest BCUT2D eigenvalue weighted by molar-refractivity contribution is 7.89. The highest BCUT2D eigenvalue weighted by Gasteiger charge is 2.29. The third-order valence-electron chi connectivity index (χ3n) is 4.30. The fourth-order valence-corrected chi connectivity index (χ4v) is 4.56. The molecule has 0 bridgehead atoms. The minimum Gasteiger partial charge on any atom is -0.329 e. The molecule has 1 aliphatic heterocycles. The van der Waals surface area contributed by atoms with E-state index in [0.717, 1.165) is 11.1 Å². The van der Waals surface area contributed by atoms with Crippen molar-refractivity contribution in [2.75, 3.05) is 26.2 Å². The molecule has 2 aromatic rings. The second kappa shape index (κ2) is 6.88. The van der Waals surface area contributed by atoms with Gasteiger partial charge in [0.05, 0.1) is 4.90 Å². The number of benzene rings is 1. The topological polar surface area (TPSA) is 73.5 Å². The molecule has 0 atom stereocenters. The smallest absolute Gasteiger partial charge is 0.247 e. The second-order valence-corrected chi connectivity index (χ2v) is 7.91. The van der Waals surface area contributed by atoms with Crippen LogP contribution in [0.5, 0.6) is 0 Å². The van der Waals surface area contributed by atoms with Crippen molar-refractivity contribution in [3.63, 3.8) is 0 Å². The van der Waals surface area contributed by atoms with Gasteiger partial charge >= 0.3 is 0 Å². The monoisotopic (exact) mass is 347 g/mol. The number of hydrogen-bond acceptors (Lipinski definition) is 4. The zero-order chi connectivity index (χ0) is 17.2. The van der Waals surface area contributed by atoms with Gasteiger partial charge in [0.2, 0.25) is 15.6 Å². The summed E-state index contributed by atoms with van der Waals surface area (Å²) >= 11 is 0. The van der Waals surface area contributed by atoms with Crippen LogP contribution in [0.25, 0.3) is 0 Å². The summed E-state index contributed by atoms with van der Waals surface area (Å²) in [6.45, 7) is 4.81. The first kappa shape index (κ1) is 16.9. The molecule has 1 N–H and O–H groups in total. The van der Waals surface area contributed by atoms with Crippen molar-refractivity contribution < 1.29 is 8.42 Å². The highest BCUT2D eigenvalue weighted by atomic mass is 32.2. The third kappa shape index (κ3) is 3.58. The fourth-order valence-electron chi connectivity index (χ4n) is 2.91. The van der Waals surface area contributed by atoms with Crippen LogP contribution in [-0.4, -0.2) is 48.8 Å². The molecule has 2 heterocycles. The van der Waals surface area contributed by atoms with Crippen molar-refractivity contribution in [1.29, 1.82) is 0 Å². The number of pyridine rings is 1. The molecule has 128 valence electrons. The van der Waals surface area contributed by atoms with Gasteiger partial charge in [-0.05, 0) is 24.1 Å². The lowest BCUT2D eigenvalue weighted by Crippen LogP contribution is -2.48. The minimum atomic E-state index is -3.44. The first-order valence-corrected chi connectivity index (χ1v) is 9.36. The summed E-state index contributed by atoms with van der Waals surface area (Å²) in [5, 5.41) is 0. The van der Waals surface area contributed by atoms with E-state index < -0.39 is 10.0 Å². The molecule has 0 amide bonds. The molecule has 0 saturated carbocycles. The lowest BCUT2D eigenvalue weighted by atomic mass is 10.2. The molecule has 0 radical (unpaired) electrons. The number of nitrogens with one attached hydrogen (secondary N) is 1. The van der Waals surface area contributed by atoms with Gasteiger partial charge in [-0.15, -0.1) is 0 Å². The molecule has 24 heavy (non-hydrogen) atoms. The van der Waals surface area contributed by atoms with Crippen LogP contribution in [0.1, 0.15) is 11.1 Å². The van der Waals surface area contributed by atoms with Crippen LogP contribution in [0.4, 0.5) is 0 Å². The molecular formula is C17H21N3O3S. The van der Waals surface area contributed by atoms with E-state index in [1.165, 1.54) is 6.07 Å². The maximum absolute atomic E-state index is 12.8. The van der Waals surface area contributed by atoms with E-state index in [4.69, 9.17) is 0 Å². The Balaban J connectivity index is 1.65. The molecule has 0 spiro atoms. The number of aromatic nitrogens is 1. The van der Waals surface area contributed by atoms with Gasteiger partial charge in [0, 0.05) is 45.0 Å². The minimum absolute atomic E-state index is 0.118. The van der Waals surface area contributed by atoms with E-state index in [0.29, 0.717) is 37.6 Å². The van der Waals surface area contributed by atoms with E-state index >= 15 is 0 Å². The van der Waals surface area contributed by atoms with Crippen LogP contribution >= 0.6 is 0 Å². The van der Waals surface area contributed by atoms with Crippen molar-refractivity contribution in [2.24, 2.45) is 0 Å². The van der Waals surface area contributed by atoms with Crippen LogP contribution < -0.4 is 5.56 Å². The van der Waals surface area contributed by atoms with Gasteiger partial charge in [0.1, 0.15) is 0 Å². The molecule has 1 aromatic heterocycles. The van der Waals surface area contributed by atoms with Crippen molar-refractivity contribution >= 4 is 10.0 Å². The first-order chi connectivity index (χ1) is 11.5. The maximum atomic E-state index is 12.8. The summed E-state index contributed by atoms with van der Waals surface area (Å²) < 4.78 is 27.1. The molecule has 1 saturated heterocycles. The predicted octanol–water partition coefficient (Wildman–Crippen LogP) is 1.19. The van der Waals surface area contributed by atoms with Crippen LogP contribution in [0.3, 0.4) is 0 Å². The van der Waals surface area contributed by atoms with Gasteiger partial charge in [-0.25, -0.2) is 8.42 Å². The Morgan fingerprint density at radius 1 is 1.04 bits per heavy atom. The van der Waals surface area contributed by atoms with Gasteiger partial charge < -0.3 is 4.98 Å². The summed E-state index contributed by atoms with van der Waals surface area (Å²) in [6, 6.07) is 10.4. The van der Waals surface area contributed by atoms with Crippen molar-refractivity contribution in [1.82, 2.24) is 14.2 Å². The summed E-state index contributed by atoms with van der Waals surface area (Å²) in [6.07, 6.45) is 1.71. The molecular weight excluding hydrogens is 326 g/mol. The Hall–Kier alpha value is -1.96. The normalized spacial score (nSPS) is 17.0. The number of H-pyrrole nitrogens is 1. The highest BCUT2D eigenvalue weighted by Crippen LogP contribution is 2.21. The molecule has 0 aliphatic carbocycles. The number of sulfonamides is 1. The summed E-state index contributed by atoms with van der Waals surface area (Å²) in [4.78, 5) is 16.3. The largest absolute Gasteiger partial charge is 0.329 e. The Morgan fingerprint density at radius 2 is 1.75 bits per heavy atom. The van der Waals surface area contributed by atoms with Crippen molar-refractivity contribution in [3.05, 3.63) is 64.1 Å². The van der Waals surface area contributed by atoms with Crippen LogP contribution in [-0.2, 0) is 16.6 Å². The Bertz CT molecular complexity index is 848. The number of aromatic amines is 1. The van der Waals surface area contributed by atoms with E-state index in [-0.39, 0.29) is 5.56 Å². The summed E-state index contributed by atoms with van der Waals surface area (Å²) in [5.74, 6) is 0. The SMILES string of the molecule is Cc1ccccc1S(=O)(=O)N1CCN(Cc2ccc(=O)[nH]c2)CC1. The van der Waals surface area contributed by atoms with Crippen molar-refractivity contribution in [2.45, 2.75) is 18.4 Å². The number of aryl methyl sites for hydroxylation is 1. The van der Waals surface area contributed by atoms with Gasteiger partial charge in [0.25, 0.3) is 0 Å². The molecule has 1 fully saturated rings. The Morgan fingerprint density at radius 3 is 2.38 bits per heavy atom. The zero-order valence-corrected chi connectivity index (χ0v) is 14.4. The molecule has 3 rings (SSSR count). The molecule has 6 nitrogen and oxygen atoms in total. The van der Waals surface area contributed by atoms with E-state index in [1.54, 1.807) is 28.7 Å². The fraction of sp³-hybridized carbons (Fsp3) is 0.353. The number of hydrogen-bond donors (Lipinski definition) is 1. The number of nitrogens with zero attached hydrogens (tertiary/aromatic N) is 2. The van der Waals surface area contributed by atoms with E-state index in [1.807, 2.05) is 19.1 Å². The summed E-state index contributed by atoms with van der Waals surface area (Å²) in [5.41, 5.74) is 1.67. The van der Waals surface area contributed by atoms with Crippen molar-refractivity contribution in [3.8, 4) is 0 Å². The van der Waals surface area contributed by atoms with Crippen LogP contribution in [0, 0.1) is 6.92 Å². The predicted molar refractivity (Wildman–Crippen MR) is 92.3 cm³/mol. The second-order valence-electron chi connectivity index (χ2n) is 6.01. The lowest BCUT2D eigenvalue weighted by molar-refractivity contribution is 0.181. The molecule has 1 aromatic carbocycles. The van der Waals surface area contributed by atoms with Gasteiger partial charge in [-0.2, -0.15) is 4.31 Å². The Labute approximate surface area is 141 Å². The zero-order valence-electron chi connectivity index (χ0n) is 13.6.